The van der Waals surface area contributed by atoms with Crippen molar-refractivity contribution in [2.75, 3.05) is 13.7 Å². The lowest BCUT2D eigenvalue weighted by Crippen LogP contribution is -2.34. The Morgan fingerprint density at radius 2 is 1.74 bits per heavy atom. The molecule has 9 heteroatoms. The number of sulfonamides is 1. The molecular formula is C18H18FNO6S. The zero-order chi connectivity index (χ0) is 20.0. The number of methoxy groups -OCH3 is 1. The monoisotopic (exact) mass is 395 g/mol. The lowest BCUT2D eigenvalue weighted by atomic mass is 10.1. The minimum Gasteiger partial charge on any atom is -0.497 e. The second kappa shape index (κ2) is 8.74. The average Bonchev–Trinajstić information content (AvgIpc) is 2.66. The van der Waals surface area contributed by atoms with E-state index in [1.54, 1.807) is 12.1 Å². The molecule has 2 aromatic rings. The van der Waals surface area contributed by atoms with Gasteiger partial charge in [-0.05, 0) is 43.3 Å². The molecule has 2 rings (SSSR count). The molecule has 0 bridgehead atoms. The topological polar surface area (TPSA) is 98.8 Å². The largest absolute Gasteiger partial charge is 0.497 e. The maximum absolute atomic E-state index is 13.6. The van der Waals surface area contributed by atoms with E-state index in [4.69, 9.17) is 9.47 Å². The highest BCUT2D eigenvalue weighted by Gasteiger charge is 2.23. The Bertz CT molecular complexity index is 927. The first-order valence-electron chi connectivity index (χ1n) is 7.86. The summed E-state index contributed by atoms with van der Waals surface area (Å²) in [6, 6.07) is 11.0. The van der Waals surface area contributed by atoms with Gasteiger partial charge in [0, 0.05) is 5.56 Å². The molecule has 0 unspecified atom stereocenters. The molecule has 0 saturated heterocycles. The molecule has 0 aliphatic rings. The molecule has 7 nitrogen and oxygen atoms in total. The van der Waals surface area contributed by atoms with Crippen LogP contribution >= 0.6 is 0 Å². The minimum absolute atomic E-state index is 0.308. The van der Waals surface area contributed by atoms with Gasteiger partial charge in [-0.2, -0.15) is 4.72 Å². The van der Waals surface area contributed by atoms with Crippen molar-refractivity contribution in [3.8, 4) is 5.75 Å². The molecule has 0 spiro atoms. The Hall–Kier alpha value is -2.78. The van der Waals surface area contributed by atoms with Gasteiger partial charge in [0.05, 0.1) is 7.11 Å². The zero-order valence-corrected chi connectivity index (χ0v) is 15.5. The van der Waals surface area contributed by atoms with Crippen LogP contribution in [0.3, 0.4) is 0 Å². The molecule has 1 atom stereocenters. The molecule has 1 N–H and O–H groups in total. The van der Waals surface area contributed by atoms with Gasteiger partial charge in [0.2, 0.25) is 15.8 Å². The third-order valence-corrected chi connectivity index (χ3v) is 5.02. The van der Waals surface area contributed by atoms with Crippen molar-refractivity contribution in [3.05, 3.63) is 59.9 Å². The van der Waals surface area contributed by atoms with E-state index in [-0.39, 0.29) is 0 Å². The smallest absolute Gasteiger partial charge is 0.321 e. The van der Waals surface area contributed by atoms with Crippen LogP contribution in [0.4, 0.5) is 4.39 Å². The molecule has 0 amide bonds. The molecule has 0 radical (unpaired) electrons. The first-order chi connectivity index (χ1) is 12.7. The number of hydrogen-bond donors (Lipinski definition) is 1. The molecule has 0 saturated carbocycles. The summed E-state index contributed by atoms with van der Waals surface area (Å²) in [5, 5.41) is 0. The fourth-order valence-corrected chi connectivity index (χ4v) is 3.22. The second-order valence-electron chi connectivity index (χ2n) is 5.48. The lowest BCUT2D eigenvalue weighted by molar-refractivity contribution is -0.144. The summed E-state index contributed by atoms with van der Waals surface area (Å²) in [7, 11) is -2.74. The number of nitrogens with one attached hydrogen (secondary N) is 1. The zero-order valence-electron chi connectivity index (χ0n) is 14.6. The number of esters is 1. The Morgan fingerprint density at radius 1 is 1.11 bits per heavy atom. The molecule has 0 fully saturated rings. The average molecular weight is 395 g/mol. The highest BCUT2D eigenvalue weighted by Crippen LogP contribution is 2.14. The highest BCUT2D eigenvalue weighted by molar-refractivity contribution is 7.89. The predicted molar refractivity (Wildman–Crippen MR) is 94.5 cm³/mol. The number of halogens is 1. The molecular weight excluding hydrogens is 377 g/mol. The van der Waals surface area contributed by atoms with Gasteiger partial charge in [-0.3, -0.25) is 9.59 Å². The van der Waals surface area contributed by atoms with E-state index in [0.29, 0.717) is 11.3 Å². The third-order valence-electron chi connectivity index (χ3n) is 3.58. The van der Waals surface area contributed by atoms with Crippen molar-refractivity contribution in [3.63, 3.8) is 0 Å². The van der Waals surface area contributed by atoms with Gasteiger partial charge >= 0.3 is 5.97 Å². The lowest BCUT2D eigenvalue weighted by Gasteiger charge is -2.13. The number of Topliss-reactive ketones (excluding diaryl/α,β-unsaturated/α-hetero) is 1. The van der Waals surface area contributed by atoms with Crippen LogP contribution in [0.5, 0.6) is 5.75 Å². The van der Waals surface area contributed by atoms with Crippen molar-refractivity contribution >= 4 is 21.8 Å². The van der Waals surface area contributed by atoms with Gasteiger partial charge in [0.15, 0.2) is 6.10 Å². The van der Waals surface area contributed by atoms with E-state index < -0.39 is 45.1 Å². The van der Waals surface area contributed by atoms with Crippen molar-refractivity contribution in [1.82, 2.24) is 4.72 Å². The summed E-state index contributed by atoms with van der Waals surface area (Å²) in [6.45, 7) is 0.632. The summed E-state index contributed by atoms with van der Waals surface area (Å²) in [5.74, 6) is -1.80. The van der Waals surface area contributed by atoms with Crippen LogP contribution in [-0.4, -0.2) is 39.9 Å². The van der Waals surface area contributed by atoms with E-state index in [2.05, 4.69) is 0 Å². The number of carbonyl (C=O) groups excluding carboxylic acids is 2. The summed E-state index contributed by atoms with van der Waals surface area (Å²) >= 11 is 0. The summed E-state index contributed by atoms with van der Waals surface area (Å²) in [5.41, 5.74) is 0.308. The van der Waals surface area contributed by atoms with E-state index in [1.807, 2.05) is 4.72 Å². The fraction of sp³-hybridized carbons (Fsp3) is 0.222. The Balaban J connectivity index is 1.94. The van der Waals surface area contributed by atoms with Gasteiger partial charge in [-0.1, -0.05) is 12.1 Å². The van der Waals surface area contributed by atoms with Gasteiger partial charge in [-0.25, -0.2) is 12.8 Å². The van der Waals surface area contributed by atoms with Crippen molar-refractivity contribution in [1.29, 1.82) is 0 Å². The molecule has 144 valence electrons. The molecule has 27 heavy (non-hydrogen) atoms. The van der Waals surface area contributed by atoms with Gasteiger partial charge < -0.3 is 9.47 Å². The summed E-state index contributed by atoms with van der Waals surface area (Å²) in [4.78, 5) is 23.5. The number of ketones is 1. The van der Waals surface area contributed by atoms with Crippen LogP contribution in [-0.2, 0) is 19.6 Å². The number of rotatable bonds is 8. The maximum Gasteiger partial charge on any atom is 0.321 e. The van der Waals surface area contributed by atoms with E-state index in [9.17, 15) is 22.4 Å². The van der Waals surface area contributed by atoms with Crippen molar-refractivity contribution in [2.24, 2.45) is 0 Å². The number of hydrogen-bond acceptors (Lipinski definition) is 6. The summed E-state index contributed by atoms with van der Waals surface area (Å²) < 4.78 is 49.5. The minimum atomic E-state index is -4.23. The van der Waals surface area contributed by atoms with Crippen molar-refractivity contribution < 1.29 is 31.9 Å². The molecule has 0 heterocycles. The summed E-state index contributed by atoms with van der Waals surface area (Å²) in [6.07, 6.45) is -1.12. The van der Waals surface area contributed by atoms with E-state index in [0.717, 1.165) is 12.1 Å². The molecule has 2 aromatic carbocycles. The van der Waals surface area contributed by atoms with Crippen LogP contribution < -0.4 is 9.46 Å². The number of ether oxygens (including phenoxy) is 2. The van der Waals surface area contributed by atoms with Gasteiger partial charge in [0.1, 0.15) is 23.0 Å². The SMILES string of the molecule is COc1ccc(C(=O)[C@H](C)OC(=O)CNS(=O)(=O)c2ccccc2F)cc1. The normalized spacial score (nSPS) is 12.3. The third kappa shape index (κ3) is 5.35. The van der Waals surface area contributed by atoms with Crippen molar-refractivity contribution in [2.45, 2.75) is 17.9 Å². The Labute approximate surface area is 156 Å². The van der Waals surface area contributed by atoms with Gasteiger partial charge in [0.25, 0.3) is 0 Å². The van der Waals surface area contributed by atoms with Crippen LogP contribution in [0.1, 0.15) is 17.3 Å². The Morgan fingerprint density at radius 3 is 2.33 bits per heavy atom. The standard InChI is InChI=1S/C18H18FNO6S/c1-12(18(22)13-7-9-14(25-2)10-8-13)26-17(21)11-20-27(23,24)16-6-4-3-5-15(16)19/h3-10,12,20H,11H2,1-2H3/t12-/m0/s1. The van der Waals surface area contributed by atoms with Gasteiger partial charge in [-0.15, -0.1) is 0 Å². The number of carbonyl (C=O) groups is 2. The maximum atomic E-state index is 13.6. The van der Waals surface area contributed by atoms with Crippen LogP contribution in [0.25, 0.3) is 0 Å². The highest BCUT2D eigenvalue weighted by atomic mass is 32.2. The molecule has 0 aromatic heterocycles. The van der Waals surface area contributed by atoms with Crippen LogP contribution in [0.15, 0.2) is 53.4 Å². The predicted octanol–water partition coefficient (Wildman–Crippen LogP) is 1.93. The second-order valence-corrected chi connectivity index (χ2v) is 7.22. The quantitative estimate of drug-likeness (QED) is 0.542. The van der Waals surface area contributed by atoms with E-state index in [1.165, 1.54) is 38.3 Å². The van der Waals surface area contributed by atoms with E-state index >= 15 is 0 Å². The fourth-order valence-electron chi connectivity index (χ4n) is 2.18. The van der Waals surface area contributed by atoms with Crippen LogP contribution in [0.2, 0.25) is 0 Å². The Kier molecular flexibility index (Phi) is 6.65. The molecule has 0 aliphatic heterocycles. The molecule has 0 aliphatic carbocycles. The van der Waals surface area contributed by atoms with Crippen LogP contribution in [0, 0.1) is 5.82 Å². The number of benzene rings is 2. The first-order valence-corrected chi connectivity index (χ1v) is 9.35. The first kappa shape index (κ1) is 20.5.